The van der Waals surface area contributed by atoms with E-state index in [-0.39, 0.29) is 6.61 Å². The van der Waals surface area contributed by atoms with Crippen LogP contribution in [0, 0.1) is 4.91 Å². The summed E-state index contributed by atoms with van der Waals surface area (Å²) in [6.45, 7) is 1.73. The first kappa shape index (κ1) is 8.35. The van der Waals surface area contributed by atoms with Gasteiger partial charge in [-0.3, -0.25) is 0 Å². The summed E-state index contributed by atoms with van der Waals surface area (Å²) in [4.78, 5) is 11.8. The Kier molecular flexibility index (Phi) is 2.72. The van der Waals surface area contributed by atoms with Crippen molar-refractivity contribution in [2.45, 2.75) is 0 Å². The van der Waals surface area contributed by atoms with Gasteiger partial charge in [-0.25, -0.2) is 5.01 Å². The zero-order chi connectivity index (χ0) is 8.27. The molecule has 1 aliphatic heterocycles. The third-order valence-corrected chi connectivity index (χ3v) is 2.01. The highest BCUT2D eigenvalue weighted by Crippen LogP contribution is 2.07. The van der Waals surface area contributed by atoms with E-state index in [1.54, 1.807) is 4.90 Å². The van der Waals surface area contributed by atoms with Crippen molar-refractivity contribution in [3.8, 4) is 0 Å². The van der Waals surface area contributed by atoms with Crippen molar-refractivity contribution >= 4 is 17.3 Å². The Bertz CT molecular complexity index is 175. The maximum atomic E-state index is 10.1. The number of hydrogen-bond acceptors (Lipinski definition) is 4. The van der Waals surface area contributed by atoms with Crippen LogP contribution < -0.4 is 0 Å². The van der Waals surface area contributed by atoms with Crippen molar-refractivity contribution in [2.24, 2.45) is 5.29 Å². The number of aliphatic hydroxyl groups is 1. The molecular weight excluding hydrogens is 166 g/mol. The van der Waals surface area contributed by atoms with Crippen LogP contribution in [0.2, 0.25) is 0 Å². The van der Waals surface area contributed by atoms with E-state index in [0.717, 1.165) is 0 Å². The summed E-state index contributed by atoms with van der Waals surface area (Å²) in [6.07, 6.45) is 0. The minimum absolute atomic E-state index is 0.0484. The molecule has 1 fully saturated rings. The molecule has 0 bridgehead atoms. The molecule has 0 radical (unpaired) electrons. The molecule has 62 valence electrons. The van der Waals surface area contributed by atoms with Gasteiger partial charge in [0.25, 0.3) is 0 Å². The summed E-state index contributed by atoms with van der Waals surface area (Å²) < 4.78 is 0. The summed E-state index contributed by atoms with van der Waals surface area (Å²) >= 11 is 4.87. The van der Waals surface area contributed by atoms with Crippen molar-refractivity contribution in [3.63, 3.8) is 0 Å². The lowest BCUT2D eigenvalue weighted by molar-refractivity contribution is 0.258. The Morgan fingerprint density at radius 2 is 2.36 bits per heavy atom. The van der Waals surface area contributed by atoms with Gasteiger partial charge in [-0.05, 0) is 12.2 Å². The quantitative estimate of drug-likeness (QED) is 0.465. The van der Waals surface area contributed by atoms with E-state index in [1.807, 2.05) is 0 Å². The summed E-state index contributed by atoms with van der Waals surface area (Å²) in [5.74, 6) is 0. The second-order valence-corrected chi connectivity index (χ2v) is 2.56. The van der Waals surface area contributed by atoms with Gasteiger partial charge in [0.05, 0.1) is 18.4 Å². The predicted molar refractivity (Wildman–Crippen MR) is 43.8 cm³/mol. The zero-order valence-electron chi connectivity index (χ0n) is 5.93. The molecule has 1 N–H and O–H groups in total. The minimum atomic E-state index is 0.0484. The van der Waals surface area contributed by atoms with Crippen LogP contribution in [-0.4, -0.2) is 46.4 Å². The number of hydrogen-bond donors (Lipinski definition) is 1. The molecular formula is C5H9N3O2S. The molecule has 0 aliphatic carbocycles. The van der Waals surface area contributed by atoms with Gasteiger partial charge in [0.15, 0.2) is 5.11 Å². The standard InChI is InChI=1S/C5H9N3O2S/c9-4-3-7-1-2-8(6-10)5(7)11/h9H,1-4H2. The maximum absolute atomic E-state index is 10.1. The van der Waals surface area contributed by atoms with E-state index >= 15 is 0 Å². The highest BCUT2D eigenvalue weighted by atomic mass is 32.1. The molecule has 0 spiro atoms. The van der Waals surface area contributed by atoms with Gasteiger partial charge in [0.1, 0.15) is 0 Å². The Hall–Kier alpha value is -0.750. The van der Waals surface area contributed by atoms with Crippen molar-refractivity contribution in [3.05, 3.63) is 4.91 Å². The van der Waals surface area contributed by atoms with Crippen LogP contribution >= 0.6 is 12.2 Å². The van der Waals surface area contributed by atoms with E-state index < -0.39 is 0 Å². The molecule has 6 heteroatoms. The normalized spacial score (nSPS) is 17.7. The molecule has 1 saturated heterocycles. The fourth-order valence-electron chi connectivity index (χ4n) is 0.974. The van der Waals surface area contributed by atoms with Gasteiger partial charge in [-0.1, -0.05) is 0 Å². The number of thiocarbonyl (C=S) groups is 1. The molecule has 0 aromatic carbocycles. The third-order valence-electron chi connectivity index (χ3n) is 1.54. The third kappa shape index (κ3) is 1.63. The molecule has 5 nitrogen and oxygen atoms in total. The number of rotatable bonds is 3. The second-order valence-electron chi connectivity index (χ2n) is 2.20. The first-order valence-electron chi connectivity index (χ1n) is 3.30. The van der Waals surface area contributed by atoms with E-state index in [0.29, 0.717) is 24.7 Å². The van der Waals surface area contributed by atoms with E-state index in [2.05, 4.69) is 5.29 Å². The molecule has 1 aliphatic rings. The summed E-state index contributed by atoms with van der Waals surface area (Å²) in [5, 5.41) is 12.9. The molecule has 1 rings (SSSR count). The van der Waals surface area contributed by atoms with Gasteiger partial charge in [-0.2, -0.15) is 0 Å². The van der Waals surface area contributed by atoms with Crippen molar-refractivity contribution < 1.29 is 5.11 Å². The van der Waals surface area contributed by atoms with Crippen LogP contribution in [0.15, 0.2) is 5.29 Å². The van der Waals surface area contributed by atoms with Crippen LogP contribution in [0.3, 0.4) is 0 Å². The maximum Gasteiger partial charge on any atom is 0.195 e. The van der Waals surface area contributed by atoms with E-state index in [9.17, 15) is 4.91 Å². The predicted octanol–water partition coefficient (Wildman–Crippen LogP) is -0.437. The highest BCUT2D eigenvalue weighted by molar-refractivity contribution is 7.80. The average molecular weight is 175 g/mol. The topological polar surface area (TPSA) is 56.1 Å². The van der Waals surface area contributed by atoms with Crippen molar-refractivity contribution in [1.29, 1.82) is 0 Å². The smallest absolute Gasteiger partial charge is 0.195 e. The minimum Gasteiger partial charge on any atom is -0.395 e. The number of aliphatic hydroxyl groups excluding tert-OH is 1. The van der Waals surface area contributed by atoms with Crippen molar-refractivity contribution in [2.75, 3.05) is 26.2 Å². The average Bonchev–Trinajstić information content (AvgIpc) is 2.34. The van der Waals surface area contributed by atoms with Crippen LogP contribution in [-0.2, 0) is 0 Å². The Labute approximate surface area is 69.5 Å². The fourth-order valence-corrected chi connectivity index (χ4v) is 1.28. The number of β-amino-alcohol motifs (C(OH)–C–C–N with tert-alkyl or cyclic N) is 1. The van der Waals surface area contributed by atoms with Gasteiger partial charge in [0.2, 0.25) is 0 Å². The lowest BCUT2D eigenvalue weighted by atomic mass is 10.5. The Balaban J connectivity index is 2.48. The number of nitrogens with zero attached hydrogens (tertiary/aromatic N) is 3. The molecule has 1 heterocycles. The summed E-state index contributed by atoms with van der Waals surface area (Å²) in [6, 6.07) is 0. The fraction of sp³-hybridized carbons (Fsp3) is 0.800. The Morgan fingerprint density at radius 3 is 2.82 bits per heavy atom. The zero-order valence-corrected chi connectivity index (χ0v) is 6.75. The SMILES string of the molecule is O=NN1CCN(CCO)C1=S. The van der Waals surface area contributed by atoms with Crippen LogP contribution in [0.5, 0.6) is 0 Å². The molecule has 0 saturated carbocycles. The largest absolute Gasteiger partial charge is 0.395 e. The first-order valence-corrected chi connectivity index (χ1v) is 3.71. The van der Waals surface area contributed by atoms with Crippen LogP contribution in [0.1, 0.15) is 0 Å². The molecule has 0 aromatic heterocycles. The molecule has 0 unspecified atom stereocenters. The van der Waals surface area contributed by atoms with E-state index in [1.165, 1.54) is 5.01 Å². The highest BCUT2D eigenvalue weighted by Gasteiger charge is 2.24. The van der Waals surface area contributed by atoms with Gasteiger partial charge in [0, 0.05) is 13.1 Å². The van der Waals surface area contributed by atoms with Crippen LogP contribution in [0.4, 0.5) is 0 Å². The second kappa shape index (κ2) is 3.59. The molecule has 0 amide bonds. The van der Waals surface area contributed by atoms with Gasteiger partial charge >= 0.3 is 0 Å². The molecule has 0 atom stereocenters. The van der Waals surface area contributed by atoms with Crippen LogP contribution in [0.25, 0.3) is 0 Å². The lowest BCUT2D eigenvalue weighted by Crippen LogP contribution is -2.30. The molecule has 0 aromatic rings. The van der Waals surface area contributed by atoms with Crippen molar-refractivity contribution in [1.82, 2.24) is 9.91 Å². The van der Waals surface area contributed by atoms with Gasteiger partial charge < -0.3 is 10.0 Å². The lowest BCUT2D eigenvalue weighted by Gasteiger charge is -2.15. The summed E-state index contributed by atoms with van der Waals surface area (Å²) in [7, 11) is 0. The monoisotopic (exact) mass is 175 g/mol. The van der Waals surface area contributed by atoms with Gasteiger partial charge in [-0.15, -0.1) is 4.91 Å². The Morgan fingerprint density at radius 1 is 1.64 bits per heavy atom. The first-order chi connectivity index (χ1) is 5.29. The van der Waals surface area contributed by atoms with E-state index in [4.69, 9.17) is 17.3 Å². The number of nitroso groups, excluding NO2 is 1. The molecule has 11 heavy (non-hydrogen) atoms. The summed E-state index contributed by atoms with van der Waals surface area (Å²) in [5.41, 5.74) is 0.